The monoisotopic (exact) mass is 362 g/mol. The molecule has 0 radical (unpaired) electrons. The van der Waals surface area contributed by atoms with E-state index in [2.05, 4.69) is 0 Å². The molecule has 0 fully saturated rings. The number of carbonyl (C=O) groups is 2. The minimum atomic E-state index is -0.537. The van der Waals surface area contributed by atoms with E-state index in [-0.39, 0.29) is 18.8 Å². The summed E-state index contributed by atoms with van der Waals surface area (Å²) in [5.41, 5.74) is 2.76. The number of hydrogen-bond acceptors (Lipinski definition) is 3. The standard InChI is InChI=1S/C19H16Cl2O3/c1-13(22)12-19(23)24-11-10-18(14-2-6-16(20)7-3-14)15-4-8-17(21)9-5-15/h2-10H,11-12H2,1H3. The van der Waals surface area contributed by atoms with E-state index in [4.69, 9.17) is 27.9 Å². The summed E-state index contributed by atoms with van der Waals surface area (Å²) in [5, 5.41) is 1.28. The summed E-state index contributed by atoms with van der Waals surface area (Å²) in [6.07, 6.45) is 1.58. The normalized spacial score (nSPS) is 10.1. The van der Waals surface area contributed by atoms with Crippen LogP contribution in [0.3, 0.4) is 0 Å². The highest BCUT2D eigenvalue weighted by Crippen LogP contribution is 2.26. The van der Waals surface area contributed by atoms with Crippen LogP contribution in [0, 0.1) is 0 Å². The molecule has 24 heavy (non-hydrogen) atoms. The largest absolute Gasteiger partial charge is 0.461 e. The van der Waals surface area contributed by atoms with Gasteiger partial charge in [0.2, 0.25) is 0 Å². The van der Waals surface area contributed by atoms with Gasteiger partial charge >= 0.3 is 5.97 Å². The molecule has 3 nitrogen and oxygen atoms in total. The van der Waals surface area contributed by atoms with Gasteiger partial charge in [0, 0.05) is 10.0 Å². The molecule has 5 heteroatoms. The molecule has 0 saturated heterocycles. The molecule has 0 amide bonds. The summed E-state index contributed by atoms with van der Waals surface area (Å²) in [5.74, 6) is -0.759. The number of Topliss-reactive ketones (excluding diaryl/α,β-unsaturated/α-hetero) is 1. The van der Waals surface area contributed by atoms with Gasteiger partial charge in [0.25, 0.3) is 0 Å². The van der Waals surface area contributed by atoms with Crippen LogP contribution >= 0.6 is 23.2 Å². The fourth-order valence-electron chi connectivity index (χ4n) is 2.13. The first-order valence-electron chi connectivity index (χ1n) is 7.33. The zero-order valence-corrected chi connectivity index (χ0v) is 14.6. The first kappa shape index (κ1) is 18.2. The summed E-state index contributed by atoms with van der Waals surface area (Å²) < 4.78 is 5.09. The van der Waals surface area contributed by atoms with Gasteiger partial charge in [-0.25, -0.2) is 0 Å². The third kappa shape index (κ3) is 5.52. The minimum absolute atomic E-state index is 0.0761. The number of esters is 1. The first-order valence-corrected chi connectivity index (χ1v) is 8.08. The van der Waals surface area contributed by atoms with Crippen LogP contribution < -0.4 is 0 Å². The summed E-state index contributed by atoms with van der Waals surface area (Å²) in [6, 6.07) is 14.7. The van der Waals surface area contributed by atoms with Crippen LogP contribution in [-0.4, -0.2) is 18.4 Å². The number of benzene rings is 2. The maximum Gasteiger partial charge on any atom is 0.313 e. The van der Waals surface area contributed by atoms with E-state index in [1.165, 1.54) is 6.92 Å². The lowest BCUT2D eigenvalue weighted by molar-refractivity contribution is -0.144. The Kier molecular flexibility index (Phi) is 6.59. The molecule has 124 valence electrons. The SMILES string of the molecule is CC(=O)CC(=O)OCC=C(c1ccc(Cl)cc1)c1ccc(Cl)cc1. The molecule has 2 aromatic rings. The lowest BCUT2D eigenvalue weighted by atomic mass is 9.98. The van der Waals surface area contributed by atoms with Gasteiger partial charge in [0.1, 0.15) is 18.8 Å². The van der Waals surface area contributed by atoms with Crippen LogP contribution in [0.15, 0.2) is 54.6 Å². The van der Waals surface area contributed by atoms with Crippen LogP contribution in [0.2, 0.25) is 10.0 Å². The zero-order chi connectivity index (χ0) is 17.5. The molecule has 0 saturated carbocycles. The second-order valence-electron chi connectivity index (χ2n) is 5.19. The Balaban J connectivity index is 2.24. The molecule has 0 aromatic heterocycles. The Morgan fingerprint density at radius 2 is 1.38 bits per heavy atom. The Labute approximate surface area is 150 Å². The van der Waals surface area contributed by atoms with Crippen LogP contribution in [0.1, 0.15) is 24.5 Å². The fraction of sp³-hybridized carbons (Fsp3) is 0.158. The highest BCUT2D eigenvalue weighted by atomic mass is 35.5. The lowest BCUT2D eigenvalue weighted by Crippen LogP contribution is -2.09. The van der Waals surface area contributed by atoms with Crippen molar-refractivity contribution in [3.63, 3.8) is 0 Å². The van der Waals surface area contributed by atoms with Gasteiger partial charge in [-0.3, -0.25) is 9.59 Å². The van der Waals surface area contributed by atoms with Gasteiger partial charge < -0.3 is 4.74 Å². The van der Waals surface area contributed by atoms with Crippen molar-refractivity contribution in [1.82, 2.24) is 0 Å². The highest BCUT2D eigenvalue weighted by Gasteiger charge is 2.08. The van der Waals surface area contributed by atoms with Gasteiger partial charge in [-0.1, -0.05) is 47.5 Å². The number of halogens is 2. The Bertz CT molecular complexity index is 700. The van der Waals surface area contributed by atoms with Crippen molar-refractivity contribution in [2.75, 3.05) is 6.61 Å². The second-order valence-corrected chi connectivity index (χ2v) is 6.07. The minimum Gasteiger partial charge on any atom is -0.461 e. The van der Waals surface area contributed by atoms with Crippen molar-refractivity contribution >= 4 is 40.5 Å². The molecule has 0 aliphatic heterocycles. The Morgan fingerprint density at radius 3 is 1.79 bits per heavy atom. The third-order valence-electron chi connectivity index (χ3n) is 3.24. The lowest BCUT2D eigenvalue weighted by Gasteiger charge is -2.10. The maximum absolute atomic E-state index is 11.5. The van der Waals surface area contributed by atoms with Gasteiger partial charge in [-0.15, -0.1) is 0 Å². The predicted octanol–water partition coefficient (Wildman–Crippen LogP) is 4.95. The van der Waals surface area contributed by atoms with E-state index in [0.29, 0.717) is 10.0 Å². The van der Waals surface area contributed by atoms with Crippen molar-refractivity contribution in [2.45, 2.75) is 13.3 Å². The van der Waals surface area contributed by atoms with Crippen molar-refractivity contribution < 1.29 is 14.3 Å². The van der Waals surface area contributed by atoms with Crippen LogP contribution in [0.25, 0.3) is 5.57 Å². The fourth-order valence-corrected chi connectivity index (χ4v) is 2.39. The molecule has 2 aromatic carbocycles. The Morgan fingerprint density at radius 1 is 0.917 bits per heavy atom. The molecule has 0 spiro atoms. The number of ketones is 1. The van der Waals surface area contributed by atoms with Crippen molar-refractivity contribution in [2.24, 2.45) is 0 Å². The topological polar surface area (TPSA) is 43.4 Å². The molecule has 0 aliphatic carbocycles. The van der Waals surface area contributed by atoms with Crippen LogP contribution in [0.5, 0.6) is 0 Å². The molecular formula is C19H16Cl2O3. The van der Waals surface area contributed by atoms with Crippen molar-refractivity contribution in [3.8, 4) is 0 Å². The molecule has 0 bridgehead atoms. The van der Waals surface area contributed by atoms with E-state index < -0.39 is 5.97 Å². The smallest absolute Gasteiger partial charge is 0.313 e. The van der Waals surface area contributed by atoms with Gasteiger partial charge in [-0.2, -0.15) is 0 Å². The van der Waals surface area contributed by atoms with Crippen molar-refractivity contribution in [3.05, 3.63) is 75.8 Å². The highest BCUT2D eigenvalue weighted by molar-refractivity contribution is 6.31. The van der Waals surface area contributed by atoms with Gasteiger partial charge in [-0.05, 0) is 54.0 Å². The number of rotatable bonds is 6. The van der Waals surface area contributed by atoms with Gasteiger partial charge in [0.05, 0.1) is 0 Å². The van der Waals surface area contributed by atoms with E-state index in [1.54, 1.807) is 30.3 Å². The summed E-state index contributed by atoms with van der Waals surface area (Å²) >= 11 is 11.9. The van der Waals surface area contributed by atoms with E-state index >= 15 is 0 Å². The number of carbonyl (C=O) groups excluding carboxylic acids is 2. The molecule has 0 aliphatic rings. The summed E-state index contributed by atoms with van der Waals surface area (Å²) in [6.45, 7) is 1.43. The first-order chi connectivity index (χ1) is 11.5. The number of ether oxygens (including phenoxy) is 1. The van der Waals surface area contributed by atoms with Crippen LogP contribution in [0.4, 0.5) is 0 Å². The second kappa shape index (κ2) is 8.67. The average molecular weight is 363 g/mol. The molecule has 0 N–H and O–H groups in total. The summed E-state index contributed by atoms with van der Waals surface area (Å²) in [7, 11) is 0. The van der Waals surface area contributed by atoms with Gasteiger partial charge in [0.15, 0.2) is 0 Å². The summed E-state index contributed by atoms with van der Waals surface area (Å²) in [4.78, 5) is 22.4. The zero-order valence-electron chi connectivity index (χ0n) is 13.1. The van der Waals surface area contributed by atoms with Crippen molar-refractivity contribution in [1.29, 1.82) is 0 Å². The van der Waals surface area contributed by atoms with E-state index in [9.17, 15) is 9.59 Å². The third-order valence-corrected chi connectivity index (χ3v) is 3.74. The van der Waals surface area contributed by atoms with E-state index in [0.717, 1.165) is 16.7 Å². The molecule has 0 heterocycles. The molecule has 0 unspecified atom stereocenters. The molecule has 2 rings (SSSR count). The Hall–Kier alpha value is -2.10. The predicted molar refractivity (Wildman–Crippen MR) is 96.2 cm³/mol. The average Bonchev–Trinajstić information content (AvgIpc) is 2.53. The number of hydrogen-bond donors (Lipinski definition) is 0. The van der Waals surface area contributed by atoms with Crippen LogP contribution in [-0.2, 0) is 14.3 Å². The quantitative estimate of drug-likeness (QED) is 0.539. The maximum atomic E-state index is 11.5. The molecule has 0 atom stereocenters. The van der Waals surface area contributed by atoms with E-state index in [1.807, 2.05) is 24.3 Å². The molecular weight excluding hydrogens is 347 g/mol.